The molecule has 7 nitrogen and oxygen atoms in total. The zero-order chi connectivity index (χ0) is 21.5. The molecule has 3 aromatic carbocycles. The van der Waals surface area contributed by atoms with Crippen molar-refractivity contribution in [3.8, 4) is 23.0 Å². The minimum Gasteiger partial charge on any atom is -0.496 e. The van der Waals surface area contributed by atoms with Crippen LogP contribution in [0.3, 0.4) is 0 Å². The van der Waals surface area contributed by atoms with Crippen molar-refractivity contribution in [3.05, 3.63) is 60.2 Å². The van der Waals surface area contributed by atoms with E-state index in [1.54, 1.807) is 33.3 Å². The first kappa shape index (κ1) is 21.0. The summed E-state index contributed by atoms with van der Waals surface area (Å²) in [6.45, 7) is 1.66. The number of methoxy groups -OCH3 is 3. The molecule has 0 aromatic heterocycles. The van der Waals surface area contributed by atoms with E-state index >= 15 is 0 Å². The Hall–Kier alpha value is -3.74. The molecule has 156 valence electrons. The molecular formula is C23H24N2O5. The number of benzene rings is 3. The van der Waals surface area contributed by atoms with Gasteiger partial charge in [0.15, 0.2) is 17.6 Å². The highest BCUT2D eigenvalue weighted by Gasteiger charge is 2.15. The zero-order valence-electron chi connectivity index (χ0n) is 17.3. The number of nitrogens with zero attached hydrogens (tertiary/aromatic N) is 1. The normalized spacial score (nSPS) is 11.9. The predicted molar refractivity (Wildman–Crippen MR) is 116 cm³/mol. The molecule has 0 aliphatic heterocycles. The van der Waals surface area contributed by atoms with Crippen molar-refractivity contribution in [1.29, 1.82) is 0 Å². The first-order valence-corrected chi connectivity index (χ1v) is 9.34. The van der Waals surface area contributed by atoms with Crippen molar-refractivity contribution < 1.29 is 23.7 Å². The van der Waals surface area contributed by atoms with Gasteiger partial charge in [0.1, 0.15) is 11.5 Å². The second kappa shape index (κ2) is 9.65. The lowest BCUT2D eigenvalue weighted by molar-refractivity contribution is -0.127. The third-order valence-corrected chi connectivity index (χ3v) is 4.52. The molecule has 1 N–H and O–H groups in total. The van der Waals surface area contributed by atoms with Gasteiger partial charge < -0.3 is 18.9 Å². The van der Waals surface area contributed by atoms with Crippen LogP contribution in [0.25, 0.3) is 10.8 Å². The Kier molecular flexibility index (Phi) is 6.75. The van der Waals surface area contributed by atoms with Gasteiger partial charge in [-0.05, 0) is 35.9 Å². The number of carbonyl (C=O) groups excluding carboxylic acids is 1. The molecule has 30 heavy (non-hydrogen) atoms. The first-order valence-electron chi connectivity index (χ1n) is 9.34. The number of rotatable bonds is 8. The van der Waals surface area contributed by atoms with Crippen molar-refractivity contribution in [2.45, 2.75) is 13.0 Å². The summed E-state index contributed by atoms with van der Waals surface area (Å²) in [4.78, 5) is 12.4. The van der Waals surface area contributed by atoms with E-state index in [-0.39, 0.29) is 5.91 Å². The van der Waals surface area contributed by atoms with Crippen molar-refractivity contribution in [3.63, 3.8) is 0 Å². The lowest BCUT2D eigenvalue weighted by Gasteiger charge is -2.14. The molecule has 0 heterocycles. The number of hydrogen-bond acceptors (Lipinski definition) is 6. The lowest BCUT2D eigenvalue weighted by atomic mass is 10.1. The summed E-state index contributed by atoms with van der Waals surface area (Å²) >= 11 is 0. The van der Waals surface area contributed by atoms with Crippen LogP contribution in [0.15, 0.2) is 59.7 Å². The monoisotopic (exact) mass is 408 g/mol. The van der Waals surface area contributed by atoms with Gasteiger partial charge in [-0.3, -0.25) is 4.79 Å². The number of carbonyl (C=O) groups is 1. The van der Waals surface area contributed by atoms with E-state index < -0.39 is 6.10 Å². The molecule has 1 amide bonds. The molecule has 3 aromatic rings. The average Bonchev–Trinajstić information content (AvgIpc) is 2.78. The number of ether oxygens (including phenoxy) is 4. The molecule has 0 bridgehead atoms. The molecule has 0 saturated carbocycles. The van der Waals surface area contributed by atoms with Crippen LogP contribution >= 0.6 is 0 Å². The third-order valence-electron chi connectivity index (χ3n) is 4.52. The number of amides is 1. The van der Waals surface area contributed by atoms with Crippen molar-refractivity contribution >= 4 is 22.9 Å². The summed E-state index contributed by atoms with van der Waals surface area (Å²) in [5, 5.41) is 6.16. The van der Waals surface area contributed by atoms with Gasteiger partial charge in [0.05, 0.1) is 27.5 Å². The van der Waals surface area contributed by atoms with Gasteiger partial charge in [-0.1, -0.05) is 30.3 Å². The van der Waals surface area contributed by atoms with Gasteiger partial charge in [0, 0.05) is 11.6 Å². The highest BCUT2D eigenvalue weighted by atomic mass is 16.5. The number of hydrazone groups is 1. The number of fused-ring (bicyclic) bond motifs is 1. The molecule has 7 heteroatoms. The van der Waals surface area contributed by atoms with E-state index in [1.807, 2.05) is 42.5 Å². The maximum Gasteiger partial charge on any atom is 0.280 e. The number of nitrogens with one attached hydrogen (secondary N) is 1. The van der Waals surface area contributed by atoms with Gasteiger partial charge in [-0.25, -0.2) is 5.43 Å². The van der Waals surface area contributed by atoms with Crippen molar-refractivity contribution in [1.82, 2.24) is 5.43 Å². The fraction of sp³-hybridized carbons (Fsp3) is 0.217. The molecule has 0 saturated heterocycles. The van der Waals surface area contributed by atoms with Crippen LogP contribution in [-0.4, -0.2) is 39.6 Å². The van der Waals surface area contributed by atoms with E-state index in [1.165, 1.54) is 13.3 Å². The Morgan fingerprint density at radius 1 is 0.900 bits per heavy atom. The second-order valence-corrected chi connectivity index (χ2v) is 6.45. The van der Waals surface area contributed by atoms with Crippen molar-refractivity contribution in [2.24, 2.45) is 5.10 Å². The number of hydrogen-bond donors (Lipinski definition) is 1. The molecular weight excluding hydrogens is 384 g/mol. The Balaban J connectivity index is 1.66. The van der Waals surface area contributed by atoms with E-state index in [4.69, 9.17) is 18.9 Å². The van der Waals surface area contributed by atoms with Crippen LogP contribution in [0.1, 0.15) is 12.5 Å². The maximum absolute atomic E-state index is 12.4. The molecule has 0 aliphatic carbocycles. The van der Waals surface area contributed by atoms with Gasteiger partial charge in [0.25, 0.3) is 5.91 Å². The van der Waals surface area contributed by atoms with E-state index in [2.05, 4.69) is 10.5 Å². The summed E-state index contributed by atoms with van der Waals surface area (Å²) in [6.07, 6.45) is 0.747. The SMILES string of the molecule is COc1cc(OC)c(OC)cc1C=NNC(=O)C(C)Oc1ccc2ccccc2c1. The van der Waals surface area contributed by atoms with Crippen LogP contribution < -0.4 is 24.4 Å². The average molecular weight is 408 g/mol. The van der Waals surface area contributed by atoms with E-state index in [9.17, 15) is 4.79 Å². The fourth-order valence-corrected chi connectivity index (χ4v) is 2.91. The highest BCUT2D eigenvalue weighted by molar-refractivity contribution is 5.88. The van der Waals surface area contributed by atoms with E-state index in [0.717, 1.165) is 10.8 Å². The predicted octanol–water partition coefficient (Wildman–Crippen LogP) is 3.78. The second-order valence-electron chi connectivity index (χ2n) is 6.45. The molecule has 0 aliphatic rings. The summed E-state index contributed by atoms with van der Waals surface area (Å²) in [6, 6.07) is 17.0. The van der Waals surface area contributed by atoms with Crippen molar-refractivity contribution in [2.75, 3.05) is 21.3 Å². The largest absolute Gasteiger partial charge is 0.496 e. The first-order chi connectivity index (χ1) is 14.5. The van der Waals surface area contributed by atoms with Gasteiger partial charge in [0.2, 0.25) is 0 Å². The molecule has 0 fully saturated rings. The Bertz CT molecular complexity index is 1060. The third kappa shape index (κ3) is 4.81. The summed E-state index contributed by atoms with van der Waals surface area (Å²) in [5.41, 5.74) is 3.11. The highest BCUT2D eigenvalue weighted by Crippen LogP contribution is 2.33. The van der Waals surface area contributed by atoms with Crippen LogP contribution in [0.2, 0.25) is 0 Å². The van der Waals surface area contributed by atoms with E-state index in [0.29, 0.717) is 28.6 Å². The molecule has 0 radical (unpaired) electrons. The van der Waals surface area contributed by atoms with Crippen LogP contribution in [0, 0.1) is 0 Å². The lowest BCUT2D eigenvalue weighted by Crippen LogP contribution is -2.33. The molecule has 0 spiro atoms. The Morgan fingerprint density at radius 2 is 1.57 bits per heavy atom. The smallest absolute Gasteiger partial charge is 0.280 e. The maximum atomic E-state index is 12.4. The Labute approximate surface area is 175 Å². The fourth-order valence-electron chi connectivity index (χ4n) is 2.91. The van der Waals surface area contributed by atoms with Gasteiger partial charge >= 0.3 is 0 Å². The summed E-state index contributed by atoms with van der Waals surface area (Å²) in [7, 11) is 4.62. The van der Waals surface area contributed by atoms with Gasteiger partial charge in [-0.15, -0.1) is 0 Å². The Morgan fingerprint density at radius 3 is 2.27 bits per heavy atom. The van der Waals surface area contributed by atoms with Crippen LogP contribution in [0.4, 0.5) is 0 Å². The molecule has 1 atom stereocenters. The molecule has 1 unspecified atom stereocenters. The summed E-state index contributed by atoms with van der Waals surface area (Å²) < 4.78 is 21.6. The van der Waals surface area contributed by atoms with Crippen LogP contribution in [-0.2, 0) is 4.79 Å². The molecule has 3 rings (SSSR count). The topological polar surface area (TPSA) is 78.4 Å². The van der Waals surface area contributed by atoms with Gasteiger partial charge in [-0.2, -0.15) is 5.10 Å². The van der Waals surface area contributed by atoms with Crippen LogP contribution in [0.5, 0.6) is 23.0 Å². The minimum atomic E-state index is -0.726. The summed E-state index contributed by atoms with van der Waals surface area (Å²) in [5.74, 6) is 1.83. The minimum absolute atomic E-state index is 0.376. The quantitative estimate of drug-likeness (QED) is 0.453. The standard InChI is InChI=1S/C23H24N2O5/c1-15(30-19-10-9-16-7-5-6-8-17(16)11-19)23(26)25-24-14-18-12-21(28-3)22(29-4)13-20(18)27-2/h5-15H,1-4H3,(H,25,26). The zero-order valence-corrected chi connectivity index (χ0v) is 17.3.